The summed E-state index contributed by atoms with van der Waals surface area (Å²) in [4.78, 5) is 2.03. The highest BCUT2D eigenvalue weighted by atomic mass is 28.4. The van der Waals surface area contributed by atoms with Crippen LogP contribution in [-0.2, 0) is 4.43 Å². The molecule has 72 valence electrons. The second kappa shape index (κ2) is 4.55. The van der Waals surface area contributed by atoms with Gasteiger partial charge in [-0.25, -0.2) is 0 Å². The molecule has 0 aromatic rings. The van der Waals surface area contributed by atoms with E-state index in [9.17, 15) is 0 Å². The fourth-order valence-electron chi connectivity index (χ4n) is 0.804. The molecule has 0 aliphatic heterocycles. The minimum atomic E-state index is -1.43. The summed E-state index contributed by atoms with van der Waals surface area (Å²) < 4.78 is 5.87. The van der Waals surface area contributed by atoms with Crippen LogP contribution in [0.4, 0.5) is 0 Å². The fraction of sp³-hybridized carbons (Fsp3) is 0.778. The molecule has 2 nitrogen and oxygen atoms in total. The van der Waals surface area contributed by atoms with Crippen LogP contribution in [0.2, 0.25) is 19.6 Å². The minimum absolute atomic E-state index is 1.01. The van der Waals surface area contributed by atoms with Crippen LogP contribution in [0.1, 0.15) is 13.3 Å². The first kappa shape index (κ1) is 11.6. The van der Waals surface area contributed by atoms with Crippen LogP contribution in [0, 0.1) is 0 Å². The highest BCUT2D eigenvalue weighted by Crippen LogP contribution is 2.12. The number of rotatable bonds is 4. The Morgan fingerprint density at radius 1 is 1.33 bits per heavy atom. The molecular formula is C9H21NOSi. The molecule has 0 radical (unpaired) electrons. The van der Waals surface area contributed by atoms with E-state index in [2.05, 4.69) is 32.6 Å². The normalized spacial score (nSPS) is 13.0. The van der Waals surface area contributed by atoms with E-state index in [1.807, 2.05) is 19.0 Å². The minimum Gasteiger partial charge on any atom is -0.533 e. The molecule has 12 heavy (non-hydrogen) atoms. The average molecular weight is 187 g/mol. The van der Waals surface area contributed by atoms with Crippen molar-refractivity contribution in [1.82, 2.24) is 4.90 Å². The summed E-state index contributed by atoms with van der Waals surface area (Å²) in [5.74, 6) is 1.01. The molecule has 0 fully saturated rings. The molecule has 0 aromatic carbocycles. The van der Waals surface area contributed by atoms with Gasteiger partial charge in [0.1, 0.15) is 0 Å². The maximum atomic E-state index is 5.87. The molecule has 0 aliphatic rings. The number of hydrogen-bond donors (Lipinski definition) is 0. The van der Waals surface area contributed by atoms with Gasteiger partial charge in [0.05, 0.1) is 0 Å². The Kier molecular flexibility index (Phi) is 4.38. The predicted octanol–water partition coefficient (Wildman–Crippen LogP) is 2.65. The highest BCUT2D eigenvalue weighted by Gasteiger charge is 2.18. The average Bonchev–Trinajstić information content (AvgIpc) is 1.83. The van der Waals surface area contributed by atoms with Crippen molar-refractivity contribution in [2.24, 2.45) is 0 Å². The molecule has 0 heterocycles. The Labute approximate surface area is 77.3 Å². The van der Waals surface area contributed by atoms with Crippen molar-refractivity contribution < 1.29 is 4.43 Å². The number of allylic oxidation sites excluding steroid dienone is 1. The zero-order valence-corrected chi connectivity index (χ0v) is 10.1. The lowest BCUT2D eigenvalue weighted by molar-refractivity contribution is 0.274. The molecule has 0 atom stereocenters. The first-order valence-corrected chi connectivity index (χ1v) is 7.84. The van der Waals surface area contributed by atoms with Gasteiger partial charge in [0.2, 0.25) is 8.32 Å². The van der Waals surface area contributed by atoms with E-state index in [0.717, 1.165) is 12.3 Å². The molecule has 0 N–H and O–H groups in total. The maximum Gasteiger partial charge on any atom is 0.244 e. The summed E-state index contributed by atoms with van der Waals surface area (Å²) >= 11 is 0. The van der Waals surface area contributed by atoms with Gasteiger partial charge in [0.25, 0.3) is 0 Å². The van der Waals surface area contributed by atoms with Crippen molar-refractivity contribution in [3.63, 3.8) is 0 Å². The molecule has 0 unspecified atom stereocenters. The molecule has 0 saturated heterocycles. The van der Waals surface area contributed by atoms with E-state index in [1.165, 1.54) is 0 Å². The standard InChI is InChI=1S/C9H21NOSi/c1-7-8-9(10(2)3)11-12(4,5)6/h8H,7H2,1-6H3/b9-8-. The number of hydrogen-bond acceptors (Lipinski definition) is 2. The summed E-state index contributed by atoms with van der Waals surface area (Å²) in [5, 5.41) is 0. The molecule has 0 aromatic heterocycles. The first-order chi connectivity index (χ1) is 5.37. The molecular weight excluding hydrogens is 166 g/mol. The van der Waals surface area contributed by atoms with E-state index in [4.69, 9.17) is 4.43 Å². The molecule has 0 aliphatic carbocycles. The SMILES string of the molecule is CC/C=C(\O[Si](C)(C)C)N(C)C. The van der Waals surface area contributed by atoms with Gasteiger partial charge in [0.15, 0.2) is 5.88 Å². The monoisotopic (exact) mass is 187 g/mol. The van der Waals surface area contributed by atoms with Crippen LogP contribution in [-0.4, -0.2) is 27.3 Å². The van der Waals surface area contributed by atoms with E-state index in [1.54, 1.807) is 0 Å². The summed E-state index contributed by atoms with van der Waals surface area (Å²) in [7, 11) is 2.60. The second-order valence-corrected chi connectivity index (χ2v) is 8.49. The van der Waals surface area contributed by atoms with Gasteiger partial charge in [-0.05, 0) is 32.1 Å². The molecule has 3 heteroatoms. The third-order valence-electron chi connectivity index (χ3n) is 1.23. The van der Waals surface area contributed by atoms with Crippen molar-refractivity contribution in [1.29, 1.82) is 0 Å². The molecule has 0 saturated carbocycles. The summed E-state index contributed by atoms with van der Waals surface area (Å²) in [6.07, 6.45) is 3.15. The van der Waals surface area contributed by atoms with E-state index >= 15 is 0 Å². The first-order valence-electron chi connectivity index (χ1n) is 4.43. The quantitative estimate of drug-likeness (QED) is 0.495. The van der Waals surface area contributed by atoms with Gasteiger partial charge >= 0.3 is 0 Å². The van der Waals surface area contributed by atoms with Crippen LogP contribution in [0.25, 0.3) is 0 Å². The smallest absolute Gasteiger partial charge is 0.244 e. The lowest BCUT2D eigenvalue weighted by Crippen LogP contribution is -2.29. The van der Waals surface area contributed by atoms with Gasteiger partial charge in [-0.3, -0.25) is 0 Å². The van der Waals surface area contributed by atoms with Crippen molar-refractivity contribution >= 4 is 8.32 Å². The molecule has 0 rings (SSSR count). The second-order valence-electron chi connectivity index (χ2n) is 4.06. The Morgan fingerprint density at radius 3 is 2.08 bits per heavy atom. The van der Waals surface area contributed by atoms with E-state index < -0.39 is 8.32 Å². The maximum absolute atomic E-state index is 5.87. The van der Waals surface area contributed by atoms with Crippen molar-refractivity contribution in [3.8, 4) is 0 Å². The van der Waals surface area contributed by atoms with Crippen LogP contribution < -0.4 is 0 Å². The third-order valence-corrected chi connectivity index (χ3v) is 2.05. The zero-order valence-electron chi connectivity index (χ0n) is 9.14. The van der Waals surface area contributed by atoms with Gasteiger partial charge in [-0.15, -0.1) is 0 Å². The number of nitrogens with zero attached hydrogens (tertiary/aromatic N) is 1. The Balaban J connectivity index is 4.25. The van der Waals surface area contributed by atoms with Gasteiger partial charge in [-0.1, -0.05) is 6.92 Å². The van der Waals surface area contributed by atoms with Crippen molar-refractivity contribution in [3.05, 3.63) is 12.0 Å². The van der Waals surface area contributed by atoms with Gasteiger partial charge < -0.3 is 9.33 Å². The van der Waals surface area contributed by atoms with Crippen LogP contribution >= 0.6 is 0 Å². The zero-order chi connectivity index (χ0) is 9.78. The highest BCUT2D eigenvalue weighted by molar-refractivity contribution is 6.70. The fourth-order valence-corrected chi connectivity index (χ4v) is 1.70. The molecule has 0 bridgehead atoms. The van der Waals surface area contributed by atoms with Crippen molar-refractivity contribution in [2.75, 3.05) is 14.1 Å². The van der Waals surface area contributed by atoms with Crippen LogP contribution in [0.3, 0.4) is 0 Å². The lowest BCUT2D eigenvalue weighted by Gasteiger charge is -2.26. The van der Waals surface area contributed by atoms with Crippen LogP contribution in [0.15, 0.2) is 12.0 Å². The van der Waals surface area contributed by atoms with Crippen LogP contribution in [0.5, 0.6) is 0 Å². The largest absolute Gasteiger partial charge is 0.533 e. The van der Waals surface area contributed by atoms with E-state index in [0.29, 0.717) is 0 Å². The summed E-state index contributed by atoms with van der Waals surface area (Å²) in [6.45, 7) is 8.71. The molecule has 0 spiro atoms. The van der Waals surface area contributed by atoms with Gasteiger partial charge in [-0.2, -0.15) is 0 Å². The Bertz CT molecular complexity index is 158. The lowest BCUT2D eigenvalue weighted by atomic mass is 10.4. The molecule has 0 amide bonds. The summed E-state index contributed by atoms with van der Waals surface area (Å²) in [5.41, 5.74) is 0. The van der Waals surface area contributed by atoms with Crippen molar-refractivity contribution in [2.45, 2.75) is 33.0 Å². The van der Waals surface area contributed by atoms with E-state index in [-0.39, 0.29) is 0 Å². The Hall–Kier alpha value is -0.443. The predicted molar refractivity (Wildman–Crippen MR) is 56.5 cm³/mol. The Morgan fingerprint density at radius 2 is 1.83 bits per heavy atom. The van der Waals surface area contributed by atoms with Gasteiger partial charge in [0, 0.05) is 14.1 Å². The topological polar surface area (TPSA) is 12.5 Å². The third kappa shape index (κ3) is 5.24. The summed E-state index contributed by atoms with van der Waals surface area (Å²) in [6, 6.07) is 0.